The number of anilines is 1. The summed E-state index contributed by atoms with van der Waals surface area (Å²) in [5.74, 6) is -0.439. The molecule has 1 aromatic heterocycles. The fourth-order valence-electron chi connectivity index (χ4n) is 3.72. The predicted molar refractivity (Wildman–Crippen MR) is 127 cm³/mol. The lowest BCUT2D eigenvalue weighted by atomic mass is 9.95. The van der Waals surface area contributed by atoms with Gasteiger partial charge in [-0.05, 0) is 62.7 Å². The van der Waals surface area contributed by atoms with Gasteiger partial charge in [0.2, 0.25) is 0 Å². The highest BCUT2D eigenvalue weighted by atomic mass is 32.1. The zero-order chi connectivity index (χ0) is 23.7. The lowest BCUT2D eigenvalue weighted by Gasteiger charge is -2.23. The number of aromatic nitrogens is 1. The highest BCUT2D eigenvalue weighted by molar-refractivity contribution is 7.16. The van der Waals surface area contributed by atoms with Crippen molar-refractivity contribution in [3.63, 3.8) is 0 Å². The van der Waals surface area contributed by atoms with Crippen LogP contribution in [-0.2, 0) is 9.59 Å². The van der Waals surface area contributed by atoms with E-state index in [2.05, 4.69) is 4.98 Å². The molecule has 0 saturated carbocycles. The predicted octanol–water partition coefficient (Wildman–Crippen LogP) is 4.79. The first-order valence-electron chi connectivity index (χ1n) is 10.5. The second-order valence-corrected chi connectivity index (χ2v) is 8.72. The number of ketones is 1. The summed E-state index contributed by atoms with van der Waals surface area (Å²) >= 11 is 1.34. The molecule has 2 aromatic carbocycles. The number of nitrogens with zero attached hydrogens (tertiary/aromatic N) is 2. The Kier molecular flexibility index (Phi) is 6.20. The summed E-state index contributed by atoms with van der Waals surface area (Å²) in [5.41, 5.74) is 1.88. The Balaban J connectivity index is 1.89. The number of benzene rings is 2. The van der Waals surface area contributed by atoms with Crippen molar-refractivity contribution in [1.82, 2.24) is 4.98 Å². The molecule has 0 aliphatic carbocycles. The molecule has 1 aliphatic heterocycles. The minimum Gasteiger partial charge on any atom is -0.507 e. The normalized spacial score (nSPS) is 17.5. The molecule has 1 atom stereocenters. The second-order valence-electron chi connectivity index (χ2n) is 7.54. The fraction of sp³-hybridized carbons (Fsp3) is 0.240. The van der Waals surface area contributed by atoms with E-state index in [0.29, 0.717) is 34.4 Å². The van der Waals surface area contributed by atoms with Gasteiger partial charge in [-0.3, -0.25) is 14.5 Å². The van der Waals surface area contributed by atoms with E-state index in [4.69, 9.17) is 9.47 Å². The van der Waals surface area contributed by atoms with Crippen LogP contribution in [0.3, 0.4) is 0 Å². The van der Waals surface area contributed by atoms with Crippen LogP contribution in [0.4, 0.5) is 5.13 Å². The Bertz CT molecular complexity index is 1210. The molecule has 1 fully saturated rings. The molecule has 2 heterocycles. The maximum absolute atomic E-state index is 13.2. The monoisotopic (exact) mass is 464 g/mol. The van der Waals surface area contributed by atoms with Gasteiger partial charge in [-0.25, -0.2) is 4.98 Å². The van der Waals surface area contributed by atoms with E-state index < -0.39 is 17.7 Å². The van der Waals surface area contributed by atoms with Crippen molar-refractivity contribution in [2.75, 3.05) is 18.6 Å². The van der Waals surface area contributed by atoms with Crippen LogP contribution in [0.2, 0.25) is 0 Å². The average Bonchev–Trinajstić information content (AvgIpc) is 3.29. The summed E-state index contributed by atoms with van der Waals surface area (Å²) < 4.78 is 10.7. The van der Waals surface area contributed by atoms with Crippen molar-refractivity contribution in [3.05, 3.63) is 75.8 Å². The lowest BCUT2D eigenvalue weighted by Crippen LogP contribution is -2.29. The summed E-state index contributed by atoms with van der Waals surface area (Å²) in [5, 5.41) is 11.6. The number of hydrogen-bond acceptors (Lipinski definition) is 7. The third kappa shape index (κ3) is 4.09. The molecule has 1 amide bonds. The maximum atomic E-state index is 13.2. The minimum atomic E-state index is -0.826. The number of thiazole rings is 1. The Hall–Kier alpha value is -3.65. The van der Waals surface area contributed by atoms with Gasteiger partial charge in [-0.15, -0.1) is 11.3 Å². The van der Waals surface area contributed by atoms with Gasteiger partial charge in [0.25, 0.3) is 5.78 Å². The third-order valence-electron chi connectivity index (χ3n) is 5.54. The van der Waals surface area contributed by atoms with Gasteiger partial charge in [0, 0.05) is 10.4 Å². The molecule has 0 unspecified atom stereocenters. The van der Waals surface area contributed by atoms with Gasteiger partial charge in [0.15, 0.2) is 5.13 Å². The summed E-state index contributed by atoms with van der Waals surface area (Å²) in [6, 6.07) is 13.0. The number of ether oxygens (including phenoxy) is 2. The van der Waals surface area contributed by atoms with Gasteiger partial charge in [0.1, 0.15) is 17.3 Å². The number of hydrogen-bond donors (Lipinski definition) is 1. The lowest BCUT2D eigenvalue weighted by molar-refractivity contribution is -0.132. The number of aliphatic hydroxyl groups excluding tert-OH is 1. The average molecular weight is 465 g/mol. The van der Waals surface area contributed by atoms with Gasteiger partial charge in [0.05, 0.1) is 31.0 Å². The fourth-order valence-corrected chi connectivity index (χ4v) is 4.66. The molecule has 8 heteroatoms. The molecule has 4 rings (SSSR count). The molecule has 0 bridgehead atoms. The molecule has 7 nitrogen and oxygen atoms in total. The molecule has 1 aliphatic rings. The topological polar surface area (TPSA) is 89.0 Å². The first kappa shape index (κ1) is 22.5. The van der Waals surface area contributed by atoms with E-state index in [1.54, 1.807) is 55.6 Å². The Morgan fingerprint density at radius 2 is 1.70 bits per heavy atom. The van der Waals surface area contributed by atoms with Gasteiger partial charge < -0.3 is 14.6 Å². The van der Waals surface area contributed by atoms with Gasteiger partial charge >= 0.3 is 5.91 Å². The van der Waals surface area contributed by atoms with Crippen molar-refractivity contribution in [2.24, 2.45) is 0 Å². The van der Waals surface area contributed by atoms with Crippen LogP contribution in [0.15, 0.2) is 54.1 Å². The molecular formula is C25H24N2O5S. The number of rotatable bonds is 6. The van der Waals surface area contributed by atoms with Gasteiger partial charge in [-0.2, -0.15) is 0 Å². The first-order valence-corrected chi connectivity index (χ1v) is 11.3. The SMILES string of the molecule is CCOc1ccc([C@@H]2/C(=C(\O)c3ccc(OC)cc3)C(=O)C(=O)N2c2nc(C)c(C)s2)cc1. The zero-order valence-electron chi connectivity index (χ0n) is 18.8. The molecule has 3 aromatic rings. The van der Waals surface area contributed by atoms with E-state index >= 15 is 0 Å². The summed E-state index contributed by atoms with van der Waals surface area (Å²) in [4.78, 5) is 33.2. The molecule has 1 saturated heterocycles. The molecule has 0 spiro atoms. The van der Waals surface area contributed by atoms with Crippen LogP contribution in [0, 0.1) is 13.8 Å². The molecule has 170 valence electrons. The second kappa shape index (κ2) is 9.07. The number of aliphatic hydroxyl groups is 1. The van der Waals surface area contributed by atoms with E-state index in [-0.39, 0.29) is 11.3 Å². The van der Waals surface area contributed by atoms with Crippen molar-refractivity contribution < 1.29 is 24.2 Å². The number of aryl methyl sites for hydroxylation is 2. The summed E-state index contributed by atoms with van der Waals surface area (Å²) in [6.07, 6.45) is 0. The first-order chi connectivity index (χ1) is 15.8. The quantitative estimate of drug-likeness (QED) is 0.320. The zero-order valence-corrected chi connectivity index (χ0v) is 19.6. The number of methoxy groups -OCH3 is 1. The van der Waals surface area contributed by atoms with E-state index in [1.165, 1.54) is 16.2 Å². The highest BCUT2D eigenvalue weighted by Crippen LogP contribution is 2.44. The van der Waals surface area contributed by atoms with Crippen LogP contribution in [0.1, 0.15) is 34.7 Å². The van der Waals surface area contributed by atoms with E-state index in [1.807, 2.05) is 20.8 Å². The van der Waals surface area contributed by atoms with Crippen molar-refractivity contribution in [2.45, 2.75) is 26.8 Å². The third-order valence-corrected chi connectivity index (χ3v) is 6.61. The standard InChI is InChI=1S/C25H24N2O5S/c1-5-32-19-12-6-16(7-13-19)21-20(22(28)17-8-10-18(31-4)11-9-17)23(29)24(30)27(21)25-26-14(2)15(3)33-25/h6-13,21,28H,5H2,1-4H3/b22-20+/t21-/m1/s1. The molecule has 1 N–H and O–H groups in total. The minimum absolute atomic E-state index is 0.0137. The Labute approximate surface area is 195 Å². The summed E-state index contributed by atoms with van der Waals surface area (Å²) in [6.45, 7) is 6.18. The maximum Gasteiger partial charge on any atom is 0.301 e. The molecule has 0 radical (unpaired) electrons. The number of carbonyl (C=O) groups excluding carboxylic acids is 2. The smallest absolute Gasteiger partial charge is 0.301 e. The summed E-state index contributed by atoms with van der Waals surface area (Å²) in [7, 11) is 1.55. The molecule has 33 heavy (non-hydrogen) atoms. The highest BCUT2D eigenvalue weighted by Gasteiger charge is 2.48. The van der Waals surface area contributed by atoms with Crippen LogP contribution in [-0.4, -0.2) is 35.5 Å². The largest absolute Gasteiger partial charge is 0.507 e. The van der Waals surface area contributed by atoms with Crippen molar-refractivity contribution >= 4 is 33.9 Å². The van der Waals surface area contributed by atoms with Gasteiger partial charge in [-0.1, -0.05) is 12.1 Å². The number of amides is 1. The Morgan fingerprint density at radius 1 is 1.06 bits per heavy atom. The van der Waals surface area contributed by atoms with Crippen LogP contribution in [0.25, 0.3) is 5.76 Å². The molecular weight excluding hydrogens is 440 g/mol. The van der Waals surface area contributed by atoms with Crippen molar-refractivity contribution in [3.8, 4) is 11.5 Å². The number of carbonyl (C=O) groups is 2. The Morgan fingerprint density at radius 3 is 2.24 bits per heavy atom. The number of Topliss-reactive ketones (excluding diaryl/α,β-unsaturated/α-hetero) is 1. The van der Waals surface area contributed by atoms with E-state index in [0.717, 1.165) is 10.6 Å². The van der Waals surface area contributed by atoms with E-state index in [9.17, 15) is 14.7 Å². The van der Waals surface area contributed by atoms with Crippen LogP contribution < -0.4 is 14.4 Å². The van der Waals surface area contributed by atoms with Crippen molar-refractivity contribution in [1.29, 1.82) is 0 Å². The van der Waals surface area contributed by atoms with Crippen LogP contribution in [0.5, 0.6) is 11.5 Å². The van der Waals surface area contributed by atoms with Crippen LogP contribution >= 0.6 is 11.3 Å².